The van der Waals surface area contributed by atoms with E-state index in [9.17, 15) is 0 Å². The highest BCUT2D eigenvalue weighted by molar-refractivity contribution is 5.99. The third-order valence-corrected chi connectivity index (χ3v) is 5.21. The zero-order chi connectivity index (χ0) is 20.4. The van der Waals surface area contributed by atoms with Crippen LogP contribution < -0.4 is 14.8 Å². The van der Waals surface area contributed by atoms with Crippen LogP contribution in [0.4, 0.5) is 0 Å². The number of methoxy groups -OCH3 is 3. The van der Waals surface area contributed by atoms with Gasteiger partial charge in [0.1, 0.15) is 5.65 Å². The first-order valence-electron chi connectivity index (χ1n) is 9.54. The molecule has 0 saturated heterocycles. The van der Waals surface area contributed by atoms with Gasteiger partial charge in [0, 0.05) is 67.7 Å². The number of ether oxygens (including phenoxy) is 3. The molecule has 0 saturated carbocycles. The predicted octanol–water partition coefficient (Wildman–Crippen LogP) is 3.47. The number of benzene rings is 1. The van der Waals surface area contributed by atoms with Gasteiger partial charge in [-0.25, -0.2) is 4.98 Å². The molecule has 0 aliphatic heterocycles. The lowest BCUT2D eigenvalue weighted by atomic mass is 10.1. The fraction of sp³-hybridized carbons (Fsp3) is 0.318. The molecule has 7 heteroatoms. The maximum absolute atomic E-state index is 5.51. The van der Waals surface area contributed by atoms with Crippen molar-refractivity contribution in [3.8, 4) is 22.8 Å². The third-order valence-electron chi connectivity index (χ3n) is 5.21. The van der Waals surface area contributed by atoms with E-state index < -0.39 is 0 Å². The van der Waals surface area contributed by atoms with Gasteiger partial charge in [-0.2, -0.15) is 0 Å². The number of aryl methyl sites for hydroxylation is 1. The van der Waals surface area contributed by atoms with Crippen molar-refractivity contribution in [3.63, 3.8) is 0 Å². The van der Waals surface area contributed by atoms with E-state index in [1.165, 1.54) is 5.56 Å². The smallest absolute Gasteiger partial charge is 0.162 e. The molecule has 0 aliphatic rings. The first-order chi connectivity index (χ1) is 14.2. The predicted molar refractivity (Wildman–Crippen MR) is 115 cm³/mol. The van der Waals surface area contributed by atoms with Crippen LogP contribution in [0.2, 0.25) is 0 Å². The molecule has 0 unspecified atom stereocenters. The Balaban J connectivity index is 1.77. The van der Waals surface area contributed by atoms with E-state index in [1.807, 2.05) is 25.4 Å². The summed E-state index contributed by atoms with van der Waals surface area (Å²) in [5.74, 6) is 1.43. The monoisotopic (exact) mass is 394 g/mol. The molecule has 0 aliphatic carbocycles. The van der Waals surface area contributed by atoms with Crippen LogP contribution >= 0.6 is 0 Å². The lowest BCUT2D eigenvalue weighted by Crippen LogP contribution is -2.18. The molecule has 4 rings (SSSR count). The number of rotatable bonds is 8. The van der Waals surface area contributed by atoms with Crippen molar-refractivity contribution in [1.82, 2.24) is 19.9 Å². The Morgan fingerprint density at radius 1 is 1.07 bits per heavy atom. The Labute approximate surface area is 169 Å². The van der Waals surface area contributed by atoms with Crippen molar-refractivity contribution in [1.29, 1.82) is 0 Å². The summed E-state index contributed by atoms with van der Waals surface area (Å²) in [6.45, 7) is 2.26. The lowest BCUT2D eigenvalue weighted by molar-refractivity contribution is 0.199. The molecule has 0 spiro atoms. The maximum Gasteiger partial charge on any atom is 0.162 e. The Hall–Kier alpha value is -3.03. The minimum Gasteiger partial charge on any atom is -0.493 e. The van der Waals surface area contributed by atoms with Crippen LogP contribution in [-0.4, -0.2) is 49.0 Å². The largest absolute Gasteiger partial charge is 0.493 e. The summed E-state index contributed by atoms with van der Waals surface area (Å²) in [5.41, 5.74) is 5.27. The SMILES string of the molecule is COCCNCc1ccnc2[nH]c(-c3cn(C)c4cc(OC)c(OC)cc34)cc12. The van der Waals surface area contributed by atoms with Gasteiger partial charge >= 0.3 is 0 Å². The van der Waals surface area contributed by atoms with Gasteiger partial charge in [-0.1, -0.05) is 0 Å². The molecule has 2 N–H and O–H groups in total. The summed E-state index contributed by atoms with van der Waals surface area (Å²) in [4.78, 5) is 8.00. The number of hydrogen-bond acceptors (Lipinski definition) is 5. The minimum atomic E-state index is 0.688. The first-order valence-corrected chi connectivity index (χ1v) is 9.54. The van der Waals surface area contributed by atoms with Crippen molar-refractivity contribution in [2.45, 2.75) is 6.54 Å². The molecule has 3 heterocycles. The number of nitrogens with zero attached hydrogens (tertiary/aromatic N) is 2. The molecule has 0 bridgehead atoms. The summed E-state index contributed by atoms with van der Waals surface area (Å²) in [5, 5.41) is 5.61. The number of aromatic amines is 1. The van der Waals surface area contributed by atoms with Gasteiger partial charge in [0.15, 0.2) is 11.5 Å². The molecular formula is C22H26N4O3. The fourth-order valence-electron chi connectivity index (χ4n) is 3.70. The van der Waals surface area contributed by atoms with Crippen LogP contribution in [-0.2, 0) is 18.3 Å². The standard InChI is InChI=1S/C22H26N4O3/c1-26-13-17(16-10-20(28-3)21(29-4)11-19(16)26)18-9-15-14(12-23-7-8-27-2)5-6-24-22(15)25-18/h5-6,9-11,13,23H,7-8,12H2,1-4H3,(H,24,25). The van der Waals surface area contributed by atoms with E-state index >= 15 is 0 Å². The molecule has 152 valence electrons. The van der Waals surface area contributed by atoms with E-state index in [1.54, 1.807) is 21.3 Å². The van der Waals surface area contributed by atoms with Crippen LogP contribution in [0.1, 0.15) is 5.56 Å². The highest BCUT2D eigenvalue weighted by Gasteiger charge is 2.16. The molecule has 0 atom stereocenters. The van der Waals surface area contributed by atoms with Gasteiger partial charge in [0.2, 0.25) is 0 Å². The zero-order valence-corrected chi connectivity index (χ0v) is 17.2. The van der Waals surface area contributed by atoms with Gasteiger partial charge in [-0.15, -0.1) is 0 Å². The van der Waals surface area contributed by atoms with E-state index in [2.05, 4.69) is 38.2 Å². The normalized spacial score (nSPS) is 11.4. The maximum atomic E-state index is 5.51. The van der Waals surface area contributed by atoms with Crippen molar-refractivity contribution < 1.29 is 14.2 Å². The number of aromatic nitrogens is 3. The first kappa shape index (κ1) is 19.3. The van der Waals surface area contributed by atoms with Crippen molar-refractivity contribution in [3.05, 3.63) is 42.2 Å². The Morgan fingerprint density at radius 2 is 1.86 bits per heavy atom. The summed E-state index contributed by atoms with van der Waals surface area (Å²) >= 11 is 0. The van der Waals surface area contributed by atoms with Crippen molar-refractivity contribution in [2.24, 2.45) is 7.05 Å². The second kappa shape index (κ2) is 8.14. The van der Waals surface area contributed by atoms with Crippen LogP contribution in [0.25, 0.3) is 33.2 Å². The van der Waals surface area contributed by atoms with E-state index in [4.69, 9.17) is 14.2 Å². The molecule has 1 aromatic carbocycles. The molecule has 29 heavy (non-hydrogen) atoms. The molecule has 0 amide bonds. The third kappa shape index (κ3) is 3.54. The van der Waals surface area contributed by atoms with Gasteiger partial charge < -0.3 is 29.1 Å². The lowest BCUT2D eigenvalue weighted by Gasteiger charge is -2.08. The minimum absolute atomic E-state index is 0.688. The zero-order valence-electron chi connectivity index (χ0n) is 17.2. The van der Waals surface area contributed by atoms with Crippen LogP contribution in [0.5, 0.6) is 11.5 Å². The number of nitrogens with one attached hydrogen (secondary N) is 2. The average molecular weight is 394 g/mol. The topological polar surface area (TPSA) is 73.3 Å². The molecule has 0 radical (unpaired) electrons. The van der Waals surface area contributed by atoms with Crippen LogP contribution in [0, 0.1) is 0 Å². The molecule has 3 aromatic heterocycles. The van der Waals surface area contributed by atoms with Crippen LogP contribution in [0.15, 0.2) is 36.7 Å². The summed E-state index contributed by atoms with van der Waals surface area (Å²) in [6.07, 6.45) is 3.96. The van der Waals surface area contributed by atoms with Crippen molar-refractivity contribution >= 4 is 21.9 Å². The van der Waals surface area contributed by atoms with Crippen molar-refractivity contribution in [2.75, 3.05) is 34.5 Å². The number of pyridine rings is 1. The number of fused-ring (bicyclic) bond motifs is 2. The molecule has 7 nitrogen and oxygen atoms in total. The number of hydrogen-bond donors (Lipinski definition) is 2. The van der Waals surface area contributed by atoms with E-state index in [-0.39, 0.29) is 0 Å². The fourth-order valence-corrected chi connectivity index (χ4v) is 3.70. The molecular weight excluding hydrogens is 368 g/mol. The second-order valence-corrected chi connectivity index (χ2v) is 6.96. The Kier molecular flexibility index (Phi) is 5.42. The second-order valence-electron chi connectivity index (χ2n) is 6.96. The highest BCUT2D eigenvalue weighted by Crippen LogP contribution is 2.38. The van der Waals surface area contributed by atoms with E-state index in [0.29, 0.717) is 12.4 Å². The molecule has 0 fully saturated rings. The summed E-state index contributed by atoms with van der Waals surface area (Å²) < 4.78 is 18.2. The Bertz CT molecular complexity index is 1150. The quantitative estimate of drug-likeness (QED) is 0.448. The Morgan fingerprint density at radius 3 is 2.62 bits per heavy atom. The van der Waals surface area contributed by atoms with Gasteiger partial charge in [0.05, 0.1) is 26.3 Å². The van der Waals surface area contributed by atoms with Crippen LogP contribution in [0.3, 0.4) is 0 Å². The van der Waals surface area contributed by atoms with E-state index in [0.717, 1.165) is 52.0 Å². The summed E-state index contributed by atoms with van der Waals surface area (Å²) in [6, 6.07) is 8.25. The molecule has 4 aromatic rings. The van der Waals surface area contributed by atoms with Gasteiger partial charge in [-0.3, -0.25) is 0 Å². The summed E-state index contributed by atoms with van der Waals surface area (Å²) in [7, 11) is 7.05. The van der Waals surface area contributed by atoms with Gasteiger partial charge in [0.25, 0.3) is 0 Å². The average Bonchev–Trinajstić information content (AvgIpc) is 3.31. The van der Waals surface area contributed by atoms with Gasteiger partial charge in [-0.05, 0) is 23.8 Å². The number of H-pyrrole nitrogens is 1. The highest BCUT2D eigenvalue weighted by atomic mass is 16.5.